The number of likely N-dealkylation sites (tertiary alicyclic amines) is 1. The summed E-state index contributed by atoms with van der Waals surface area (Å²) in [5, 5.41) is 0. The summed E-state index contributed by atoms with van der Waals surface area (Å²) in [7, 11) is 3.69. The quantitative estimate of drug-likeness (QED) is 0.629. The average molecular weight is 448 g/mol. The maximum atomic E-state index is 13.4. The second-order valence-corrected chi connectivity index (χ2v) is 10.2. The molecule has 0 atom stereocenters. The van der Waals surface area contributed by atoms with Gasteiger partial charge in [0, 0.05) is 46.0 Å². The molecule has 2 heterocycles. The van der Waals surface area contributed by atoms with Crippen LogP contribution in [0.25, 0.3) is 11.1 Å². The van der Waals surface area contributed by atoms with Crippen molar-refractivity contribution in [1.29, 1.82) is 0 Å². The van der Waals surface area contributed by atoms with Gasteiger partial charge in [-0.3, -0.25) is 14.6 Å². The Hall–Kier alpha value is -2.69. The first kappa shape index (κ1) is 23.5. The molecule has 0 spiro atoms. The fraction of sp³-hybridized carbons (Fsp3) is 0.536. The van der Waals surface area contributed by atoms with Gasteiger partial charge >= 0.3 is 0 Å². The van der Waals surface area contributed by atoms with Crippen molar-refractivity contribution >= 4 is 11.8 Å². The standard InChI is InChI=1S/C28H37N3O2/c1-30(2)27(33)28(21-23-9-6-10-25(19-23)24-11-15-29-16-12-24)13-17-31(18-14-28)26(32)20-22-7-4-3-5-8-22/h6,9-12,15-16,19,22H,3-5,7-8,13-14,17-18,20-21H2,1-2H3. The van der Waals surface area contributed by atoms with Crippen molar-refractivity contribution in [3.8, 4) is 11.1 Å². The van der Waals surface area contributed by atoms with E-state index >= 15 is 0 Å². The molecule has 0 unspecified atom stereocenters. The summed E-state index contributed by atoms with van der Waals surface area (Å²) in [6, 6.07) is 12.5. The fourth-order valence-corrected chi connectivity index (χ4v) is 5.69. The van der Waals surface area contributed by atoms with Gasteiger partial charge in [-0.1, -0.05) is 43.5 Å². The highest BCUT2D eigenvalue weighted by atomic mass is 16.2. The largest absolute Gasteiger partial charge is 0.348 e. The smallest absolute Gasteiger partial charge is 0.228 e. The first-order valence-electron chi connectivity index (χ1n) is 12.5. The van der Waals surface area contributed by atoms with E-state index in [2.05, 4.69) is 29.2 Å². The molecule has 1 aliphatic carbocycles. The summed E-state index contributed by atoms with van der Waals surface area (Å²) in [5.74, 6) is 1.01. The van der Waals surface area contributed by atoms with E-state index in [0.717, 1.165) is 24.0 Å². The number of nitrogens with zero attached hydrogens (tertiary/aromatic N) is 3. The predicted octanol–water partition coefficient (Wildman–Crippen LogP) is 4.96. The van der Waals surface area contributed by atoms with Gasteiger partial charge in [0.2, 0.25) is 11.8 Å². The van der Waals surface area contributed by atoms with Crippen LogP contribution in [0.1, 0.15) is 56.9 Å². The Balaban J connectivity index is 1.47. The number of aromatic nitrogens is 1. The van der Waals surface area contributed by atoms with Gasteiger partial charge in [0.15, 0.2) is 0 Å². The summed E-state index contributed by atoms with van der Waals surface area (Å²) in [6.07, 6.45) is 12.7. The molecule has 5 nitrogen and oxygen atoms in total. The minimum Gasteiger partial charge on any atom is -0.348 e. The van der Waals surface area contributed by atoms with Gasteiger partial charge < -0.3 is 9.80 Å². The highest BCUT2D eigenvalue weighted by Crippen LogP contribution is 2.38. The molecule has 1 aliphatic heterocycles. The minimum atomic E-state index is -0.456. The lowest BCUT2D eigenvalue weighted by atomic mass is 9.72. The van der Waals surface area contributed by atoms with E-state index in [0.29, 0.717) is 31.8 Å². The summed E-state index contributed by atoms with van der Waals surface area (Å²) < 4.78 is 0. The van der Waals surface area contributed by atoms with E-state index in [1.807, 2.05) is 31.1 Å². The first-order valence-corrected chi connectivity index (χ1v) is 12.5. The van der Waals surface area contributed by atoms with Crippen LogP contribution in [-0.4, -0.2) is 53.8 Å². The zero-order chi connectivity index (χ0) is 23.3. The van der Waals surface area contributed by atoms with Crippen molar-refractivity contribution in [1.82, 2.24) is 14.8 Å². The minimum absolute atomic E-state index is 0.177. The molecule has 33 heavy (non-hydrogen) atoms. The van der Waals surface area contributed by atoms with Crippen LogP contribution >= 0.6 is 0 Å². The van der Waals surface area contributed by atoms with Crippen LogP contribution in [0.3, 0.4) is 0 Å². The maximum Gasteiger partial charge on any atom is 0.228 e. The molecular weight excluding hydrogens is 410 g/mol. The molecule has 0 radical (unpaired) electrons. The average Bonchev–Trinajstić information content (AvgIpc) is 2.85. The maximum absolute atomic E-state index is 13.4. The Labute approximate surface area is 198 Å². The predicted molar refractivity (Wildman–Crippen MR) is 132 cm³/mol. The number of benzene rings is 1. The molecule has 2 amide bonds. The first-order chi connectivity index (χ1) is 16.0. The topological polar surface area (TPSA) is 53.5 Å². The molecule has 1 aromatic carbocycles. The third kappa shape index (κ3) is 5.63. The van der Waals surface area contributed by atoms with E-state index in [4.69, 9.17) is 0 Å². The molecule has 1 saturated heterocycles. The summed E-state index contributed by atoms with van der Waals surface area (Å²) in [4.78, 5) is 34.2. The Bertz CT molecular complexity index is 943. The third-order valence-corrected chi connectivity index (χ3v) is 7.60. The fourth-order valence-electron chi connectivity index (χ4n) is 5.69. The van der Waals surface area contributed by atoms with Crippen molar-refractivity contribution in [3.63, 3.8) is 0 Å². The Morgan fingerprint density at radius 3 is 2.36 bits per heavy atom. The number of hydrogen-bond donors (Lipinski definition) is 0. The van der Waals surface area contributed by atoms with Gasteiger partial charge in [0.05, 0.1) is 5.41 Å². The lowest BCUT2D eigenvalue weighted by Gasteiger charge is -2.42. The molecule has 1 aromatic heterocycles. The molecule has 176 valence electrons. The SMILES string of the molecule is CN(C)C(=O)C1(Cc2cccc(-c3ccncc3)c2)CCN(C(=O)CC2CCCCC2)CC1. The third-order valence-electron chi connectivity index (χ3n) is 7.60. The molecule has 1 saturated carbocycles. The zero-order valence-corrected chi connectivity index (χ0v) is 20.1. The van der Waals surface area contributed by atoms with E-state index in [-0.39, 0.29) is 11.8 Å². The number of carbonyl (C=O) groups is 2. The lowest BCUT2D eigenvalue weighted by Crippen LogP contribution is -2.51. The van der Waals surface area contributed by atoms with Crippen LogP contribution in [0.15, 0.2) is 48.8 Å². The molecule has 5 heteroatoms. The van der Waals surface area contributed by atoms with Crippen molar-refractivity contribution in [2.75, 3.05) is 27.2 Å². The number of pyridine rings is 1. The van der Waals surface area contributed by atoms with Gasteiger partial charge in [-0.15, -0.1) is 0 Å². The van der Waals surface area contributed by atoms with Gasteiger partial charge in [-0.25, -0.2) is 0 Å². The lowest BCUT2D eigenvalue weighted by molar-refractivity contribution is -0.146. The van der Waals surface area contributed by atoms with Crippen LogP contribution in [-0.2, 0) is 16.0 Å². The van der Waals surface area contributed by atoms with Crippen molar-refractivity contribution in [2.45, 2.75) is 57.8 Å². The van der Waals surface area contributed by atoms with Crippen LogP contribution in [0.4, 0.5) is 0 Å². The summed E-state index contributed by atoms with van der Waals surface area (Å²) in [6.45, 7) is 1.35. The Morgan fingerprint density at radius 2 is 1.70 bits per heavy atom. The molecule has 2 aromatic rings. The number of carbonyl (C=O) groups excluding carboxylic acids is 2. The van der Waals surface area contributed by atoms with E-state index < -0.39 is 5.41 Å². The molecule has 2 fully saturated rings. The van der Waals surface area contributed by atoms with Crippen LogP contribution in [0, 0.1) is 11.3 Å². The molecule has 0 N–H and O–H groups in total. The van der Waals surface area contributed by atoms with E-state index in [1.165, 1.54) is 37.7 Å². The van der Waals surface area contributed by atoms with Crippen molar-refractivity contribution < 1.29 is 9.59 Å². The van der Waals surface area contributed by atoms with Crippen LogP contribution in [0.5, 0.6) is 0 Å². The number of amides is 2. The van der Waals surface area contributed by atoms with Crippen molar-refractivity contribution in [2.24, 2.45) is 11.3 Å². The Kier molecular flexibility index (Phi) is 7.46. The second kappa shape index (κ2) is 10.5. The van der Waals surface area contributed by atoms with Gasteiger partial charge in [0.25, 0.3) is 0 Å². The number of hydrogen-bond acceptors (Lipinski definition) is 3. The number of rotatable bonds is 6. The molecule has 2 aliphatic rings. The summed E-state index contributed by atoms with van der Waals surface area (Å²) >= 11 is 0. The number of piperidine rings is 1. The Morgan fingerprint density at radius 1 is 1.00 bits per heavy atom. The van der Waals surface area contributed by atoms with Crippen LogP contribution < -0.4 is 0 Å². The molecular formula is C28H37N3O2. The van der Waals surface area contributed by atoms with Gasteiger partial charge in [0.1, 0.15) is 0 Å². The highest BCUT2D eigenvalue weighted by molar-refractivity contribution is 5.83. The monoisotopic (exact) mass is 447 g/mol. The molecule has 4 rings (SSSR count). The van der Waals surface area contributed by atoms with E-state index in [9.17, 15) is 9.59 Å². The molecule has 0 bridgehead atoms. The second-order valence-electron chi connectivity index (χ2n) is 10.2. The van der Waals surface area contributed by atoms with Gasteiger partial charge in [-0.2, -0.15) is 0 Å². The van der Waals surface area contributed by atoms with Gasteiger partial charge in [-0.05, 0) is 66.8 Å². The zero-order valence-electron chi connectivity index (χ0n) is 20.1. The van der Waals surface area contributed by atoms with E-state index in [1.54, 1.807) is 17.3 Å². The normalized spacial score (nSPS) is 18.7. The van der Waals surface area contributed by atoms with Crippen molar-refractivity contribution in [3.05, 3.63) is 54.4 Å². The highest BCUT2D eigenvalue weighted by Gasteiger charge is 2.43. The summed E-state index contributed by atoms with van der Waals surface area (Å²) in [5.41, 5.74) is 2.98. The van der Waals surface area contributed by atoms with Crippen LogP contribution in [0.2, 0.25) is 0 Å².